The van der Waals surface area contributed by atoms with Crippen molar-refractivity contribution in [3.8, 4) is 11.5 Å². The molecule has 2 nitrogen and oxygen atoms in total. The van der Waals surface area contributed by atoms with Crippen LogP contribution in [0.5, 0.6) is 11.5 Å². The van der Waals surface area contributed by atoms with Gasteiger partial charge in [0.25, 0.3) is 0 Å². The van der Waals surface area contributed by atoms with Gasteiger partial charge in [-0.2, -0.15) is 0 Å². The van der Waals surface area contributed by atoms with Crippen LogP contribution in [0.25, 0.3) is 0 Å². The van der Waals surface area contributed by atoms with Crippen molar-refractivity contribution < 1.29 is 4.74 Å². The Morgan fingerprint density at radius 1 is 0.870 bits per heavy atom. The minimum absolute atomic E-state index is 0.854. The van der Waals surface area contributed by atoms with Crippen molar-refractivity contribution in [2.45, 2.75) is 38.1 Å². The predicted molar refractivity (Wildman–Crippen MR) is 102 cm³/mol. The lowest BCUT2D eigenvalue weighted by Gasteiger charge is -2.36. The predicted octanol–water partition coefficient (Wildman–Crippen LogP) is 5.04. The van der Waals surface area contributed by atoms with Crippen molar-refractivity contribution in [2.75, 3.05) is 13.1 Å². The highest BCUT2D eigenvalue weighted by Crippen LogP contribution is 2.30. The van der Waals surface area contributed by atoms with Crippen LogP contribution in [0, 0.1) is 3.57 Å². The zero-order chi connectivity index (χ0) is 15.6. The molecule has 2 aromatic carbocycles. The van der Waals surface area contributed by atoms with Crippen LogP contribution in [0.2, 0.25) is 0 Å². The summed E-state index contributed by atoms with van der Waals surface area (Å²) in [6.07, 6.45) is 6.54. The molecule has 0 amide bonds. The highest BCUT2D eigenvalue weighted by atomic mass is 127. The number of ether oxygens (including phenoxy) is 1. The quantitative estimate of drug-likeness (QED) is 0.647. The standard InChI is InChI=1S/C20H22INO/c21-17-5-8-19(9-6-17)23-20-7-4-15-10-12-22(18-2-1-3-18)13-11-16(15)14-20/h4-9,14,18H,1-3,10-13H2. The van der Waals surface area contributed by atoms with Gasteiger partial charge in [0, 0.05) is 22.7 Å². The minimum Gasteiger partial charge on any atom is -0.457 e. The third-order valence-corrected chi connectivity index (χ3v) is 5.87. The van der Waals surface area contributed by atoms with Gasteiger partial charge in [-0.3, -0.25) is 4.90 Å². The summed E-state index contributed by atoms with van der Waals surface area (Å²) < 4.78 is 7.26. The molecule has 1 saturated carbocycles. The van der Waals surface area contributed by atoms with Gasteiger partial charge in [0.1, 0.15) is 11.5 Å². The number of hydrogen-bond donors (Lipinski definition) is 0. The van der Waals surface area contributed by atoms with Gasteiger partial charge in [0.2, 0.25) is 0 Å². The third kappa shape index (κ3) is 3.56. The number of halogens is 1. The van der Waals surface area contributed by atoms with Crippen molar-refractivity contribution in [1.29, 1.82) is 0 Å². The number of nitrogens with zero attached hydrogens (tertiary/aromatic N) is 1. The van der Waals surface area contributed by atoms with Crippen LogP contribution < -0.4 is 4.74 Å². The summed E-state index contributed by atoms with van der Waals surface area (Å²) in [6.45, 7) is 2.42. The molecule has 1 heterocycles. The number of rotatable bonds is 3. The monoisotopic (exact) mass is 419 g/mol. The highest BCUT2D eigenvalue weighted by molar-refractivity contribution is 14.1. The number of hydrogen-bond acceptors (Lipinski definition) is 2. The second-order valence-electron chi connectivity index (χ2n) is 6.61. The van der Waals surface area contributed by atoms with Crippen LogP contribution in [-0.2, 0) is 12.8 Å². The van der Waals surface area contributed by atoms with Crippen LogP contribution in [0.4, 0.5) is 0 Å². The van der Waals surface area contributed by atoms with E-state index in [4.69, 9.17) is 4.74 Å². The van der Waals surface area contributed by atoms with Gasteiger partial charge in [-0.15, -0.1) is 0 Å². The van der Waals surface area contributed by atoms with E-state index in [9.17, 15) is 0 Å². The van der Waals surface area contributed by atoms with Crippen LogP contribution in [0.1, 0.15) is 30.4 Å². The Morgan fingerprint density at radius 3 is 2.26 bits per heavy atom. The lowest BCUT2D eigenvalue weighted by Crippen LogP contribution is -2.41. The summed E-state index contributed by atoms with van der Waals surface area (Å²) in [5.74, 6) is 1.87. The van der Waals surface area contributed by atoms with Crippen molar-refractivity contribution >= 4 is 22.6 Å². The molecular formula is C20H22INO. The Bertz CT molecular complexity index is 679. The Balaban J connectivity index is 1.48. The molecule has 120 valence electrons. The lowest BCUT2D eigenvalue weighted by atomic mass is 9.91. The Hall–Kier alpha value is -1.07. The topological polar surface area (TPSA) is 12.5 Å². The summed E-state index contributed by atoms with van der Waals surface area (Å²) in [5, 5.41) is 0. The lowest BCUT2D eigenvalue weighted by molar-refractivity contribution is 0.133. The van der Waals surface area contributed by atoms with Crippen LogP contribution in [0.3, 0.4) is 0 Å². The van der Waals surface area contributed by atoms with E-state index >= 15 is 0 Å². The Kier molecular flexibility index (Phi) is 4.58. The molecule has 1 fully saturated rings. The molecule has 0 aromatic heterocycles. The fourth-order valence-corrected chi connectivity index (χ4v) is 3.90. The van der Waals surface area contributed by atoms with Gasteiger partial charge in [0.15, 0.2) is 0 Å². The van der Waals surface area contributed by atoms with Crippen LogP contribution in [0.15, 0.2) is 42.5 Å². The van der Waals surface area contributed by atoms with E-state index in [0.29, 0.717) is 0 Å². The highest BCUT2D eigenvalue weighted by Gasteiger charge is 2.26. The molecule has 0 atom stereocenters. The maximum atomic E-state index is 6.03. The molecule has 2 aromatic rings. The summed E-state index contributed by atoms with van der Waals surface area (Å²) >= 11 is 2.31. The normalized spacial score (nSPS) is 18.8. The summed E-state index contributed by atoms with van der Waals surface area (Å²) in [7, 11) is 0. The second-order valence-corrected chi connectivity index (χ2v) is 7.85. The summed E-state index contributed by atoms with van der Waals surface area (Å²) in [5.41, 5.74) is 2.97. The van der Waals surface area contributed by atoms with Gasteiger partial charge in [0.05, 0.1) is 0 Å². The first-order valence-corrected chi connectivity index (χ1v) is 9.65. The Morgan fingerprint density at radius 2 is 1.57 bits per heavy atom. The van der Waals surface area contributed by atoms with Gasteiger partial charge >= 0.3 is 0 Å². The fourth-order valence-electron chi connectivity index (χ4n) is 3.54. The van der Waals surface area contributed by atoms with Gasteiger partial charge < -0.3 is 4.74 Å². The van der Waals surface area contributed by atoms with E-state index in [-0.39, 0.29) is 0 Å². The maximum absolute atomic E-state index is 6.03. The summed E-state index contributed by atoms with van der Waals surface area (Å²) in [4.78, 5) is 2.70. The second kappa shape index (κ2) is 6.81. The number of benzene rings is 2. The van der Waals surface area contributed by atoms with Gasteiger partial charge in [-0.25, -0.2) is 0 Å². The van der Waals surface area contributed by atoms with Crippen molar-refractivity contribution in [3.63, 3.8) is 0 Å². The van der Waals surface area contributed by atoms with Crippen LogP contribution in [-0.4, -0.2) is 24.0 Å². The average molecular weight is 419 g/mol. The van der Waals surface area contributed by atoms with Crippen molar-refractivity contribution in [2.24, 2.45) is 0 Å². The van der Waals surface area contributed by atoms with Gasteiger partial charge in [-0.1, -0.05) is 12.5 Å². The van der Waals surface area contributed by atoms with Crippen molar-refractivity contribution in [1.82, 2.24) is 4.90 Å². The molecule has 1 aliphatic heterocycles. The smallest absolute Gasteiger partial charge is 0.127 e. The molecule has 1 aliphatic carbocycles. The van der Waals surface area contributed by atoms with E-state index in [1.54, 1.807) is 0 Å². The van der Waals surface area contributed by atoms with Gasteiger partial charge in [-0.05, 0) is 95.8 Å². The minimum atomic E-state index is 0.854. The molecule has 3 heteroatoms. The van der Waals surface area contributed by atoms with E-state index in [2.05, 4.69) is 57.8 Å². The molecule has 0 N–H and O–H groups in total. The Labute approximate surface area is 152 Å². The SMILES string of the molecule is Ic1ccc(Oc2ccc3c(c2)CCN(C2CCC2)CC3)cc1. The molecule has 0 saturated heterocycles. The largest absolute Gasteiger partial charge is 0.457 e. The summed E-state index contributed by atoms with van der Waals surface area (Å²) in [6, 6.07) is 15.7. The first kappa shape index (κ1) is 15.5. The van der Waals surface area contributed by atoms with E-state index in [1.807, 2.05) is 12.1 Å². The number of fused-ring (bicyclic) bond motifs is 1. The fraction of sp³-hybridized carbons (Fsp3) is 0.400. The molecular weight excluding hydrogens is 397 g/mol. The van der Waals surface area contributed by atoms with Crippen LogP contribution >= 0.6 is 22.6 Å². The molecule has 4 rings (SSSR count). The molecule has 0 spiro atoms. The molecule has 0 bridgehead atoms. The molecule has 23 heavy (non-hydrogen) atoms. The third-order valence-electron chi connectivity index (χ3n) is 5.15. The van der Waals surface area contributed by atoms with E-state index in [1.165, 1.54) is 53.5 Å². The first-order valence-electron chi connectivity index (χ1n) is 8.57. The zero-order valence-corrected chi connectivity index (χ0v) is 15.5. The first-order chi connectivity index (χ1) is 11.3. The molecule has 0 unspecified atom stereocenters. The molecule has 0 radical (unpaired) electrons. The average Bonchev–Trinajstić information content (AvgIpc) is 2.71. The van der Waals surface area contributed by atoms with E-state index < -0.39 is 0 Å². The maximum Gasteiger partial charge on any atom is 0.127 e. The van der Waals surface area contributed by atoms with Crippen molar-refractivity contribution in [3.05, 3.63) is 57.2 Å². The molecule has 2 aliphatic rings. The van der Waals surface area contributed by atoms with E-state index in [0.717, 1.165) is 24.0 Å². The zero-order valence-electron chi connectivity index (χ0n) is 13.3.